The first-order valence-corrected chi connectivity index (χ1v) is 9.97. The zero-order valence-corrected chi connectivity index (χ0v) is 18.1. The van der Waals surface area contributed by atoms with Gasteiger partial charge in [-0.2, -0.15) is 0 Å². The van der Waals surface area contributed by atoms with Gasteiger partial charge in [0.2, 0.25) is 0 Å². The highest BCUT2D eigenvalue weighted by Gasteiger charge is 2.10. The fourth-order valence-corrected chi connectivity index (χ4v) is 3.85. The number of nitrogens with zero attached hydrogens (tertiary/aromatic N) is 2. The predicted octanol–water partition coefficient (Wildman–Crippen LogP) is 6.76. The van der Waals surface area contributed by atoms with Gasteiger partial charge in [0.1, 0.15) is 12.4 Å². The molecule has 0 N–H and O–H groups in total. The molecule has 0 saturated heterocycles. The number of hydrogen-bond donors (Lipinski definition) is 0. The van der Waals surface area contributed by atoms with Crippen LogP contribution in [0.1, 0.15) is 16.7 Å². The molecule has 0 aromatic heterocycles. The van der Waals surface area contributed by atoms with Crippen molar-refractivity contribution >= 4 is 49.4 Å². The Labute approximate surface area is 179 Å². The van der Waals surface area contributed by atoms with Crippen molar-refractivity contribution in [1.29, 1.82) is 0 Å². The number of nitro groups is 1. The molecule has 0 aliphatic carbocycles. The maximum absolute atomic E-state index is 10.8. The molecule has 142 valence electrons. The molecule has 0 aliphatic rings. The zero-order valence-electron chi connectivity index (χ0n) is 14.9. The molecule has 0 heterocycles. The molecule has 28 heavy (non-hydrogen) atoms. The molecule has 0 amide bonds. The molecule has 0 atom stereocenters. The van der Waals surface area contributed by atoms with Gasteiger partial charge in [-0.05, 0) is 64.8 Å². The van der Waals surface area contributed by atoms with Crippen LogP contribution in [0.15, 0.2) is 74.6 Å². The first-order chi connectivity index (χ1) is 13.4. The van der Waals surface area contributed by atoms with Crippen LogP contribution in [0.5, 0.6) is 5.75 Å². The third-order valence-electron chi connectivity index (χ3n) is 3.95. The van der Waals surface area contributed by atoms with Gasteiger partial charge in [0.25, 0.3) is 5.69 Å². The normalized spacial score (nSPS) is 11.0. The number of nitro benzene ring substituents is 1. The Kier molecular flexibility index (Phi) is 6.59. The number of hydrogen-bond acceptors (Lipinski definition) is 4. The van der Waals surface area contributed by atoms with Crippen molar-refractivity contribution in [1.82, 2.24) is 0 Å². The second-order valence-corrected chi connectivity index (χ2v) is 7.88. The molecule has 0 radical (unpaired) electrons. The molecule has 0 unspecified atom stereocenters. The summed E-state index contributed by atoms with van der Waals surface area (Å²) >= 11 is 7.02. The van der Waals surface area contributed by atoms with E-state index in [0.29, 0.717) is 5.75 Å². The Hall–Kier alpha value is -2.51. The lowest BCUT2D eigenvalue weighted by Crippen LogP contribution is -2.00. The Bertz CT molecular complexity index is 1020. The van der Waals surface area contributed by atoms with Gasteiger partial charge in [0, 0.05) is 28.4 Å². The van der Waals surface area contributed by atoms with Gasteiger partial charge in [-0.3, -0.25) is 15.1 Å². The van der Waals surface area contributed by atoms with E-state index in [-0.39, 0.29) is 12.3 Å². The van der Waals surface area contributed by atoms with E-state index in [1.807, 2.05) is 43.3 Å². The van der Waals surface area contributed by atoms with Crippen LogP contribution in [0.25, 0.3) is 0 Å². The molecule has 0 spiro atoms. The minimum Gasteiger partial charge on any atom is -0.487 e. The van der Waals surface area contributed by atoms with Crippen molar-refractivity contribution in [3.8, 4) is 5.75 Å². The largest absolute Gasteiger partial charge is 0.487 e. The highest BCUT2D eigenvalue weighted by molar-refractivity contribution is 9.11. The summed E-state index contributed by atoms with van der Waals surface area (Å²) in [5.41, 5.74) is 3.73. The van der Waals surface area contributed by atoms with E-state index >= 15 is 0 Å². The van der Waals surface area contributed by atoms with Gasteiger partial charge in [-0.1, -0.05) is 33.6 Å². The molecule has 0 aliphatic heterocycles. The zero-order chi connectivity index (χ0) is 20.1. The van der Waals surface area contributed by atoms with Crippen LogP contribution in [-0.4, -0.2) is 11.1 Å². The number of aliphatic imine (C=N–C) groups is 1. The summed E-state index contributed by atoms with van der Waals surface area (Å²) in [5.74, 6) is 0.650. The summed E-state index contributed by atoms with van der Waals surface area (Å²) in [5, 5.41) is 10.8. The van der Waals surface area contributed by atoms with Gasteiger partial charge in [-0.15, -0.1) is 0 Å². The van der Waals surface area contributed by atoms with Gasteiger partial charge >= 0.3 is 0 Å². The fourth-order valence-electron chi connectivity index (χ4n) is 2.47. The Balaban J connectivity index is 1.81. The van der Waals surface area contributed by atoms with Crippen LogP contribution in [0.2, 0.25) is 0 Å². The summed E-state index contributed by atoms with van der Waals surface area (Å²) in [7, 11) is 0. The Morgan fingerprint density at radius 2 is 1.75 bits per heavy atom. The SMILES string of the molecule is Cc1ccc(N=Cc2cc(Br)cc(Br)c2OCc2ccc([N+](=O)[O-])cc2)cc1. The monoisotopic (exact) mass is 502 g/mol. The molecule has 0 saturated carbocycles. The van der Waals surface area contributed by atoms with Crippen molar-refractivity contribution in [2.24, 2.45) is 4.99 Å². The Morgan fingerprint density at radius 3 is 2.39 bits per heavy atom. The van der Waals surface area contributed by atoms with E-state index in [0.717, 1.165) is 25.8 Å². The number of halogens is 2. The lowest BCUT2D eigenvalue weighted by Gasteiger charge is -2.12. The third kappa shape index (κ3) is 5.27. The lowest BCUT2D eigenvalue weighted by atomic mass is 10.2. The predicted molar refractivity (Wildman–Crippen MR) is 118 cm³/mol. The molecular weight excluding hydrogens is 488 g/mol. The quantitative estimate of drug-likeness (QED) is 0.212. The Morgan fingerprint density at radius 1 is 1.07 bits per heavy atom. The van der Waals surface area contributed by atoms with Crippen molar-refractivity contribution in [3.05, 3.63) is 96.4 Å². The van der Waals surface area contributed by atoms with Gasteiger partial charge < -0.3 is 4.74 Å². The summed E-state index contributed by atoms with van der Waals surface area (Å²) in [6.45, 7) is 2.31. The van der Waals surface area contributed by atoms with Crippen LogP contribution in [0.3, 0.4) is 0 Å². The molecule has 3 rings (SSSR count). The lowest BCUT2D eigenvalue weighted by molar-refractivity contribution is -0.384. The summed E-state index contributed by atoms with van der Waals surface area (Å²) in [6, 6.07) is 18.1. The minimum atomic E-state index is -0.421. The highest BCUT2D eigenvalue weighted by Crippen LogP contribution is 2.33. The van der Waals surface area contributed by atoms with Crippen molar-refractivity contribution in [2.75, 3.05) is 0 Å². The molecule has 3 aromatic carbocycles. The van der Waals surface area contributed by atoms with Crippen LogP contribution < -0.4 is 4.74 Å². The smallest absolute Gasteiger partial charge is 0.269 e. The highest BCUT2D eigenvalue weighted by atomic mass is 79.9. The second-order valence-electron chi connectivity index (χ2n) is 6.11. The first-order valence-electron chi connectivity index (χ1n) is 8.38. The maximum Gasteiger partial charge on any atom is 0.269 e. The number of non-ortho nitro benzene ring substituents is 1. The summed E-state index contributed by atoms with van der Waals surface area (Å²) in [4.78, 5) is 14.9. The molecule has 7 heteroatoms. The van der Waals surface area contributed by atoms with E-state index in [2.05, 4.69) is 36.9 Å². The second kappa shape index (κ2) is 9.12. The summed E-state index contributed by atoms with van der Waals surface area (Å²) in [6.07, 6.45) is 1.76. The van der Waals surface area contributed by atoms with E-state index < -0.39 is 4.92 Å². The van der Waals surface area contributed by atoms with Crippen LogP contribution in [0.4, 0.5) is 11.4 Å². The van der Waals surface area contributed by atoms with E-state index in [1.54, 1.807) is 18.3 Å². The van der Waals surface area contributed by atoms with Crippen LogP contribution >= 0.6 is 31.9 Å². The average molecular weight is 504 g/mol. The number of aryl methyl sites for hydroxylation is 1. The minimum absolute atomic E-state index is 0.0551. The molecule has 5 nitrogen and oxygen atoms in total. The van der Waals surface area contributed by atoms with E-state index in [9.17, 15) is 10.1 Å². The van der Waals surface area contributed by atoms with Gasteiger partial charge in [-0.25, -0.2) is 0 Å². The molecule has 0 bridgehead atoms. The average Bonchev–Trinajstić information content (AvgIpc) is 2.67. The third-order valence-corrected chi connectivity index (χ3v) is 5.00. The number of ether oxygens (including phenoxy) is 1. The van der Waals surface area contributed by atoms with E-state index in [1.165, 1.54) is 17.7 Å². The number of benzene rings is 3. The maximum atomic E-state index is 10.8. The van der Waals surface area contributed by atoms with Crippen LogP contribution in [-0.2, 0) is 6.61 Å². The summed E-state index contributed by atoms with van der Waals surface area (Å²) < 4.78 is 7.67. The van der Waals surface area contributed by atoms with Gasteiger partial charge in [0.05, 0.1) is 15.1 Å². The van der Waals surface area contributed by atoms with Crippen molar-refractivity contribution in [3.63, 3.8) is 0 Å². The molecule has 0 fully saturated rings. The van der Waals surface area contributed by atoms with E-state index in [4.69, 9.17) is 4.74 Å². The van der Waals surface area contributed by atoms with Crippen molar-refractivity contribution < 1.29 is 9.66 Å². The first kappa shape index (κ1) is 20.2. The van der Waals surface area contributed by atoms with Crippen molar-refractivity contribution in [2.45, 2.75) is 13.5 Å². The standard InChI is InChI=1S/C21H16Br2N2O3/c1-14-2-6-18(7-3-14)24-12-16-10-17(22)11-20(23)21(16)28-13-15-4-8-19(9-5-15)25(26)27/h2-12H,13H2,1H3. The molecule has 3 aromatic rings. The fraction of sp³-hybridized carbons (Fsp3) is 0.0952. The number of rotatable bonds is 6. The topological polar surface area (TPSA) is 64.7 Å². The van der Waals surface area contributed by atoms with Gasteiger partial charge in [0.15, 0.2) is 0 Å². The molecular formula is C21H16Br2N2O3. The van der Waals surface area contributed by atoms with Crippen LogP contribution in [0, 0.1) is 17.0 Å².